The normalized spacial score (nSPS) is 22.0. The van der Waals surface area contributed by atoms with Gasteiger partial charge in [-0.1, -0.05) is 42.3 Å². The lowest BCUT2D eigenvalue weighted by Crippen LogP contribution is -2.43. The number of ether oxygens (including phenoxy) is 2. The van der Waals surface area contributed by atoms with E-state index in [1.165, 1.54) is 24.3 Å². The highest BCUT2D eigenvalue weighted by molar-refractivity contribution is 6.04. The second-order valence-electron chi connectivity index (χ2n) is 12.9. The topological polar surface area (TPSA) is 83.8 Å². The largest absolute Gasteiger partial charge is 0.508 e. The van der Waals surface area contributed by atoms with Crippen LogP contribution in [-0.4, -0.2) is 69.0 Å². The molecular formula is C37H32F3N5O3. The molecule has 0 aliphatic carbocycles. The summed E-state index contributed by atoms with van der Waals surface area (Å²) in [5.74, 6) is 1.14. The van der Waals surface area contributed by atoms with Crippen molar-refractivity contribution in [1.82, 2.24) is 19.9 Å². The summed E-state index contributed by atoms with van der Waals surface area (Å²) in [5, 5.41) is 11.5. The number of nitrogens with zero attached hydrogens (tertiary/aromatic N) is 5. The van der Waals surface area contributed by atoms with E-state index >= 15 is 4.39 Å². The van der Waals surface area contributed by atoms with Gasteiger partial charge in [-0.3, -0.25) is 4.90 Å². The molecule has 2 fully saturated rings. The van der Waals surface area contributed by atoms with E-state index in [4.69, 9.17) is 20.9 Å². The molecule has 2 aromatic heterocycles. The van der Waals surface area contributed by atoms with Gasteiger partial charge in [0.1, 0.15) is 53.4 Å². The second-order valence-corrected chi connectivity index (χ2v) is 12.9. The first kappa shape index (κ1) is 30.3. The van der Waals surface area contributed by atoms with Gasteiger partial charge in [-0.25, -0.2) is 18.2 Å². The molecule has 5 heterocycles. The molecular weight excluding hydrogens is 619 g/mol. The van der Waals surface area contributed by atoms with Crippen molar-refractivity contribution in [2.75, 3.05) is 31.2 Å². The van der Waals surface area contributed by atoms with Crippen LogP contribution in [0.2, 0.25) is 0 Å². The fraction of sp³-hybridized carbons (Fsp3) is 0.324. The molecule has 3 aliphatic rings. The zero-order chi connectivity index (χ0) is 33.2. The number of hydrogen-bond donors (Lipinski definition) is 1. The summed E-state index contributed by atoms with van der Waals surface area (Å²) >= 11 is 0. The minimum absolute atomic E-state index is 0.0636. The van der Waals surface area contributed by atoms with Crippen LogP contribution >= 0.6 is 0 Å². The SMILES string of the molecule is C#Cc1c(F)ccc2cc(O)cc(-c3nc4c5c(nc(OC[C@@]67CCCN6C[C@H](F)C7)nc5c3F)N(Cc3ccccc3)[C@@H](C)CO4)c12. The summed E-state index contributed by atoms with van der Waals surface area (Å²) in [6.07, 6.45) is 6.84. The van der Waals surface area contributed by atoms with Gasteiger partial charge in [0, 0.05) is 30.5 Å². The number of anilines is 1. The van der Waals surface area contributed by atoms with Crippen LogP contribution in [0.1, 0.15) is 37.3 Å². The van der Waals surface area contributed by atoms with Crippen LogP contribution in [0.3, 0.4) is 0 Å². The van der Waals surface area contributed by atoms with Crippen LogP contribution in [0.4, 0.5) is 19.0 Å². The number of phenolic OH excluding ortho intramolecular Hbond substituents is 1. The molecule has 0 bridgehead atoms. The number of rotatable bonds is 6. The average Bonchev–Trinajstić information content (AvgIpc) is 3.57. The van der Waals surface area contributed by atoms with Gasteiger partial charge < -0.3 is 19.5 Å². The molecule has 1 N–H and O–H groups in total. The van der Waals surface area contributed by atoms with Gasteiger partial charge >= 0.3 is 6.01 Å². The molecule has 0 spiro atoms. The number of halogens is 3. The van der Waals surface area contributed by atoms with E-state index in [9.17, 15) is 13.9 Å². The molecule has 8 rings (SSSR count). The number of pyridine rings is 1. The maximum Gasteiger partial charge on any atom is 0.319 e. The van der Waals surface area contributed by atoms with Gasteiger partial charge in [-0.2, -0.15) is 9.97 Å². The maximum atomic E-state index is 17.1. The van der Waals surface area contributed by atoms with Crippen LogP contribution in [0, 0.1) is 24.0 Å². The fourth-order valence-corrected chi connectivity index (χ4v) is 7.57. The van der Waals surface area contributed by atoms with Crippen molar-refractivity contribution < 1.29 is 27.8 Å². The van der Waals surface area contributed by atoms with Gasteiger partial charge in [0.25, 0.3) is 0 Å². The molecule has 244 valence electrons. The standard InChI is InChI=1S/C37H32F3N5O3/c1-3-26-28(39)11-10-23-14-25(46)15-27(29(23)26)32-31(40)33-30-34(43-36(42-33)48-20-37-12-7-13-44(37)18-24(38)16-37)45(17-22-8-5-4-6-9-22)21(2)19-47-35(30)41-32/h1,4-6,8-11,14-15,21,24,46H,7,12-13,16-20H2,2H3/t21-,24+,37-/m0/s1. The smallest absolute Gasteiger partial charge is 0.319 e. The van der Waals surface area contributed by atoms with Gasteiger partial charge in [0.05, 0.1) is 17.1 Å². The Kier molecular flexibility index (Phi) is 7.29. The lowest BCUT2D eigenvalue weighted by Gasteiger charge is -2.31. The third-order valence-electron chi connectivity index (χ3n) is 9.86. The van der Waals surface area contributed by atoms with Crippen molar-refractivity contribution in [3.8, 4) is 41.2 Å². The van der Waals surface area contributed by atoms with E-state index in [0.29, 0.717) is 30.7 Å². The highest BCUT2D eigenvalue weighted by Gasteiger charge is 2.49. The van der Waals surface area contributed by atoms with Crippen molar-refractivity contribution in [2.24, 2.45) is 0 Å². The highest BCUT2D eigenvalue weighted by atomic mass is 19.1. The van der Waals surface area contributed by atoms with Crippen molar-refractivity contribution in [3.63, 3.8) is 0 Å². The molecule has 3 aromatic carbocycles. The first-order valence-corrected chi connectivity index (χ1v) is 16.0. The Bertz CT molecular complexity index is 2120. The lowest BCUT2D eigenvalue weighted by molar-refractivity contribution is 0.107. The Balaban J connectivity index is 1.34. The average molecular weight is 652 g/mol. The van der Waals surface area contributed by atoms with Crippen molar-refractivity contribution in [1.29, 1.82) is 0 Å². The molecule has 8 nitrogen and oxygen atoms in total. The monoisotopic (exact) mass is 651 g/mol. The first-order chi connectivity index (χ1) is 23.2. The molecule has 0 saturated carbocycles. The second kappa shape index (κ2) is 11.6. The number of fused-ring (bicyclic) bond motifs is 2. The van der Waals surface area contributed by atoms with Crippen LogP contribution in [-0.2, 0) is 6.54 Å². The number of aromatic hydroxyl groups is 1. The maximum absolute atomic E-state index is 17.1. The Morgan fingerprint density at radius 2 is 1.94 bits per heavy atom. The Labute approximate surface area is 275 Å². The highest BCUT2D eigenvalue weighted by Crippen LogP contribution is 2.44. The molecule has 0 amide bonds. The van der Waals surface area contributed by atoms with Gasteiger partial charge in [-0.05, 0) is 55.5 Å². The summed E-state index contributed by atoms with van der Waals surface area (Å²) in [5.41, 5.74) is 0.175. The molecule has 11 heteroatoms. The minimum atomic E-state index is -0.945. The zero-order valence-electron chi connectivity index (χ0n) is 26.2. The summed E-state index contributed by atoms with van der Waals surface area (Å²) < 4.78 is 59.1. The predicted octanol–water partition coefficient (Wildman–Crippen LogP) is 6.55. The van der Waals surface area contributed by atoms with E-state index in [-0.39, 0.29) is 70.0 Å². The Morgan fingerprint density at radius 1 is 1.10 bits per heavy atom. The van der Waals surface area contributed by atoms with Crippen LogP contribution in [0.25, 0.3) is 32.9 Å². The third-order valence-corrected chi connectivity index (χ3v) is 9.86. The van der Waals surface area contributed by atoms with Crippen molar-refractivity contribution in [3.05, 3.63) is 77.4 Å². The summed E-state index contributed by atoms with van der Waals surface area (Å²) in [6.45, 7) is 3.89. The van der Waals surface area contributed by atoms with Gasteiger partial charge in [0.2, 0.25) is 5.88 Å². The van der Waals surface area contributed by atoms with E-state index in [1.54, 1.807) is 0 Å². The molecule has 3 aliphatic heterocycles. The number of aromatic nitrogens is 3. The quantitative estimate of drug-likeness (QED) is 0.207. The van der Waals surface area contributed by atoms with Crippen LogP contribution < -0.4 is 14.4 Å². The third kappa shape index (κ3) is 4.94. The molecule has 3 atom stereocenters. The number of terminal acetylenes is 1. The van der Waals surface area contributed by atoms with E-state index < -0.39 is 23.3 Å². The van der Waals surface area contributed by atoms with Gasteiger partial charge in [0.15, 0.2) is 5.82 Å². The lowest BCUT2D eigenvalue weighted by atomic mass is 9.95. The van der Waals surface area contributed by atoms with E-state index in [0.717, 1.165) is 24.9 Å². The molecule has 0 unspecified atom stereocenters. The number of hydrogen-bond acceptors (Lipinski definition) is 8. The molecule has 5 aromatic rings. The van der Waals surface area contributed by atoms with E-state index in [1.807, 2.05) is 42.2 Å². The van der Waals surface area contributed by atoms with E-state index in [2.05, 4.69) is 20.8 Å². The summed E-state index contributed by atoms with van der Waals surface area (Å²) in [7, 11) is 0. The number of benzene rings is 3. The van der Waals surface area contributed by atoms with Crippen molar-refractivity contribution in [2.45, 2.75) is 50.5 Å². The number of phenols is 1. The molecule has 2 saturated heterocycles. The Hall–Kier alpha value is -5.08. The van der Waals surface area contributed by atoms with Crippen LogP contribution in [0.5, 0.6) is 17.6 Å². The first-order valence-electron chi connectivity index (χ1n) is 16.0. The van der Waals surface area contributed by atoms with Gasteiger partial charge in [-0.15, -0.1) is 6.42 Å². The molecule has 0 radical (unpaired) electrons. The predicted molar refractivity (Wildman–Crippen MR) is 176 cm³/mol. The number of alkyl halides is 1. The Morgan fingerprint density at radius 3 is 2.75 bits per heavy atom. The summed E-state index contributed by atoms with van der Waals surface area (Å²) in [6, 6.07) is 14.9. The van der Waals surface area contributed by atoms with Crippen molar-refractivity contribution >= 4 is 27.5 Å². The zero-order valence-corrected chi connectivity index (χ0v) is 26.2. The van der Waals surface area contributed by atoms with Crippen LogP contribution in [0.15, 0.2) is 54.6 Å². The molecule has 48 heavy (non-hydrogen) atoms. The summed E-state index contributed by atoms with van der Waals surface area (Å²) in [4.78, 5) is 18.2. The minimum Gasteiger partial charge on any atom is -0.508 e. The fourth-order valence-electron chi connectivity index (χ4n) is 7.57.